The smallest absolute Gasteiger partial charge is 0.126 e. The van der Waals surface area contributed by atoms with E-state index in [2.05, 4.69) is 17.9 Å². The van der Waals surface area contributed by atoms with Gasteiger partial charge in [0.05, 0.1) is 0 Å². The summed E-state index contributed by atoms with van der Waals surface area (Å²) in [4.78, 5) is 2.19. The normalized spacial score (nSPS) is 25.0. The molecule has 2 N–H and O–H groups in total. The molecule has 1 aliphatic heterocycles. The molecular weight excluding hydrogens is 282 g/mol. The summed E-state index contributed by atoms with van der Waals surface area (Å²) in [7, 11) is 2.01. The summed E-state index contributed by atoms with van der Waals surface area (Å²) in [5, 5.41) is 0. The van der Waals surface area contributed by atoms with Crippen molar-refractivity contribution in [1.29, 1.82) is 0 Å². The van der Waals surface area contributed by atoms with Crippen molar-refractivity contribution in [3.05, 3.63) is 70.8 Å². The number of halogens is 2. The van der Waals surface area contributed by atoms with Crippen molar-refractivity contribution in [1.82, 2.24) is 4.90 Å². The molecule has 1 aliphatic rings. The first-order valence-electron chi connectivity index (χ1n) is 7.49. The highest BCUT2D eigenvalue weighted by atomic mass is 19.1. The van der Waals surface area contributed by atoms with Gasteiger partial charge in [0.1, 0.15) is 11.6 Å². The van der Waals surface area contributed by atoms with E-state index in [1.54, 1.807) is 0 Å². The van der Waals surface area contributed by atoms with Gasteiger partial charge in [-0.15, -0.1) is 0 Å². The van der Waals surface area contributed by atoms with Crippen LogP contribution in [0.2, 0.25) is 0 Å². The van der Waals surface area contributed by atoms with Gasteiger partial charge in [-0.2, -0.15) is 0 Å². The van der Waals surface area contributed by atoms with E-state index in [-0.39, 0.29) is 18.0 Å². The zero-order chi connectivity index (χ0) is 15.9. The Kier molecular flexibility index (Phi) is 3.98. The van der Waals surface area contributed by atoms with Gasteiger partial charge in [-0.3, -0.25) is 4.90 Å². The monoisotopic (exact) mass is 302 g/mol. The number of nitrogens with two attached hydrogens (primary N) is 1. The Morgan fingerprint density at radius 1 is 1.05 bits per heavy atom. The average molecular weight is 302 g/mol. The molecule has 0 amide bonds. The lowest BCUT2D eigenvalue weighted by molar-refractivity contribution is 0.156. The Labute approximate surface area is 129 Å². The summed E-state index contributed by atoms with van der Waals surface area (Å²) in [6.45, 7) is 2.59. The van der Waals surface area contributed by atoms with Gasteiger partial charge in [0.25, 0.3) is 0 Å². The summed E-state index contributed by atoms with van der Waals surface area (Å²) >= 11 is 0. The molecule has 0 radical (unpaired) electrons. The third-order valence-electron chi connectivity index (χ3n) is 4.77. The highest BCUT2D eigenvalue weighted by Crippen LogP contribution is 2.42. The highest BCUT2D eigenvalue weighted by molar-refractivity contribution is 5.43. The van der Waals surface area contributed by atoms with Crippen LogP contribution in [0.4, 0.5) is 8.78 Å². The molecule has 2 aromatic carbocycles. The number of fused-ring (bicyclic) bond motifs is 1. The molecule has 3 unspecified atom stereocenters. The van der Waals surface area contributed by atoms with E-state index in [1.807, 2.05) is 25.2 Å². The number of nitrogens with zero attached hydrogens (tertiary/aromatic N) is 1. The molecule has 2 aromatic rings. The standard InChI is InChI=1S/C18H20F2N2/c1-11-18(12-7-13(19)9-14(20)8-12)16-6-4-3-5-15(16)17(10-21)22(11)2/h3-9,11,17-18H,10,21H2,1-2H3. The summed E-state index contributed by atoms with van der Waals surface area (Å²) in [6, 6.07) is 12.0. The van der Waals surface area contributed by atoms with Crippen molar-refractivity contribution >= 4 is 0 Å². The molecule has 0 saturated carbocycles. The van der Waals surface area contributed by atoms with Gasteiger partial charge in [-0.05, 0) is 42.8 Å². The SMILES string of the molecule is CC1C(c2cc(F)cc(F)c2)c2ccccc2C(CN)N1C. The predicted octanol–water partition coefficient (Wildman–Crippen LogP) is 3.43. The van der Waals surface area contributed by atoms with E-state index in [4.69, 9.17) is 5.73 Å². The van der Waals surface area contributed by atoms with Gasteiger partial charge in [0.2, 0.25) is 0 Å². The minimum atomic E-state index is -0.539. The van der Waals surface area contributed by atoms with Crippen LogP contribution in [0.3, 0.4) is 0 Å². The Hall–Kier alpha value is -1.78. The van der Waals surface area contributed by atoms with Crippen molar-refractivity contribution in [3.8, 4) is 0 Å². The van der Waals surface area contributed by atoms with E-state index in [0.29, 0.717) is 12.1 Å². The van der Waals surface area contributed by atoms with Gasteiger partial charge < -0.3 is 5.73 Å². The zero-order valence-corrected chi connectivity index (χ0v) is 12.8. The molecule has 0 bridgehead atoms. The van der Waals surface area contributed by atoms with Crippen LogP contribution >= 0.6 is 0 Å². The molecule has 4 heteroatoms. The van der Waals surface area contributed by atoms with Crippen LogP contribution < -0.4 is 5.73 Å². The lowest BCUT2D eigenvalue weighted by atomic mass is 9.77. The first-order valence-corrected chi connectivity index (χ1v) is 7.49. The molecular formula is C18H20F2N2. The molecule has 1 heterocycles. The Balaban J connectivity index is 2.18. The first kappa shape index (κ1) is 15.1. The van der Waals surface area contributed by atoms with Crippen LogP contribution in [-0.4, -0.2) is 24.5 Å². The number of benzene rings is 2. The molecule has 0 fully saturated rings. The topological polar surface area (TPSA) is 29.3 Å². The van der Waals surface area contributed by atoms with Crippen molar-refractivity contribution in [2.45, 2.75) is 24.9 Å². The van der Waals surface area contributed by atoms with Gasteiger partial charge >= 0.3 is 0 Å². The fourth-order valence-electron chi connectivity index (χ4n) is 3.60. The van der Waals surface area contributed by atoms with E-state index in [9.17, 15) is 8.78 Å². The molecule has 0 spiro atoms. The van der Waals surface area contributed by atoms with Crippen molar-refractivity contribution < 1.29 is 8.78 Å². The lowest BCUT2D eigenvalue weighted by Crippen LogP contribution is -2.45. The molecule has 3 atom stereocenters. The number of hydrogen-bond acceptors (Lipinski definition) is 2. The average Bonchev–Trinajstić information content (AvgIpc) is 2.48. The molecule has 0 saturated heterocycles. The molecule has 116 valence electrons. The number of hydrogen-bond donors (Lipinski definition) is 1. The third kappa shape index (κ3) is 2.42. The molecule has 2 nitrogen and oxygen atoms in total. The van der Waals surface area contributed by atoms with Crippen LogP contribution in [0.1, 0.15) is 35.6 Å². The van der Waals surface area contributed by atoms with E-state index in [1.165, 1.54) is 12.1 Å². The Bertz CT molecular complexity index is 666. The highest BCUT2D eigenvalue weighted by Gasteiger charge is 2.36. The van der Waals surface area contributed by atoms with Crippen LogP contribution in [0, 0.1) is 11.6 Å². The van der Waals surface area contributed by atoms with E-state index >= 15 is 0 Å². The number of rotatable bonds is 2. The minimum absolute atomic E-state index is 0.0748. The molecule has 0 aliphatic carbocycles. The molecule has 3 rings (SSSR count). The minimum Gasteiger partial charge on any atom is -0.329 e. The van der Waals surface area contributed by atoms with E-state index < -0.39 is 11.6 Å². The van der Waals surface area contributed by atoms with Gasteiger partial charge in [0.15, 0.2) is 0 Å². The molecule has 0 aromatic heterocycles. The quantitative estimate of drug-likeness (QED) is 0.921. The number of likely N-dealkylation sites (N-methyl/N-ethyl adjacent to an activating group) is 1. The van der Waals surface area contributed by atoms with Crippen molar-refractivity contribution in [2.24, 2.45) is 5.73 Å². The van der Waals surface area contributed by atoms with E-state index in [0.717, 1.165) is 17.2 Å². The fourth-order valence-corrected chi connectivity index (χ4v) is 3.60. The van der Waals surface area contributed by atoms with Gasteiger partial charge in [-0.25, -0.2) is 8.78 Å². The van der Waals surface area contributed by atoms with Crippen molar-refractivity contribution in [2.75, 3.05) is 13.6 Å². The van der Waals surface area contributed by atoms with Crippen LogP contribution in [0.5, 0.6) is 0 Å². The second kappa shape index (κ2) is 5.78. The summed E-state index contributed by atoms with van der Waals surface area (Å²) < 4.78 is 27.3. The Morgan fingerprint density at radius 3 is 2.23 bits per heavy atom. The lowest BCUT2D eigenvalue weighted by Gasteiger charge is -2.44. The summed E-state index contributed by atoms with van der Waals surface area (Å²) in [5.41, 5.74) is 8.85. The second-order valence-corrected chi connectivity index (χ2v) is 5.97. The van der Waals surface area contributed by atoms with Crippen molar-refractivity contribution in [3.63, 3.8) is 0 Å². The zero-order valence-electron chi connectivity index (χ0n) is 12.8. The maximum Gasteiger partial charge on any atom is 0.126 e. The maximum absolute atomic E-state index is 13.7. The van der Waals surface area contributed by atoms with Gasteiger partial charge in [0, 0.05) is 30.6 Å². The van der Waals surface area contributed by atoms with Crippen LogP contribution in [0.15, 0.2) is 42.5 Å². The predicted molar refractivity (Wildman–Crippen MR) is 83.7 cm³/mol. The maximum atomic E-state index is 13.7. The largest absolute Gasteiger partial charge is 0.329 e. The van der Waals surface area contributed by atoms with Crippen LogP contribution in [-0.2, 0) is 0 Å². The summed E-state index contributed by atoms with van der Waals surface area (Å²) in [6.07, 6.45) is 0. The second-order valence-electron chi connectivity index (χ2n) is 5.97. The first-order chi connectivity index (χ1) is 10.5. The fraction of sp³-hybridized carbons (Fsp3) is 0.333. The molecule has 22 heavy (non-hydrogen) atoms. The third-order valence-corrected chi connectivity index (χ3v) is 4.77. The van der Waals surface area contributed by atoms with Crippen LogP contribution in [0.25, 0.3) is 0 Å². The Morgan fingerprint density at radius 2 is 1.64 bits per heavy atom. The summed E-state index contributed by atoms with van der Waals surface area (Å²) in [5.74, 6) is -1.15. The van der Waals surface area contributed by atoms with Gasteiger partial charge in [-0.1, -0.05) is 24.3 Å².